The first-order chi connectivity index (χ1) is 12.7. The highest BCUT2D eigenvalue weighted by Crippen LogP contribution is 2.30. The predicted molar refractivity (Wildman–Crippen MR) is 103 cm³/mol. The lowest BCUT2D eigenvalue weighted by atomic mass is 9.95. The van der Waals surface area contributed by atoms with Gasteiger partial charge in [0.25, 0.3) is 5.91 Å². The Kier molecular flexibility index (Phi) is 5.31. The molecule has 0 unspecified atom stereocenters. The number of hydrogen-bond acceptors (Lipinski definition) is 5. The van der Waals surface area contributed by atoms with E-state index in [-0.39, 0.29) is 11.9 Å². The van der Waals surface area contributed by atoms with E-state index in [4.69, 9.17) is 4.42 Å². The zero-order valence-corrected chi connectivity index (χ0v) is 16.0. The van der Waals surface area contributed by atoms with Crippen molar-refractivity contribution in [2.45, 2.75) is 31.2 Å². The summed E-state index contributed by atoms with van der Waals surface area (Å²) in [5.41, 5.74) is 1.10. The van der Waals surface area contributed by atoms with Crippen LogP contribution in [0.4, 0.5) is 0 Å². The monoisotopic (exact) mass is 371 g/mol. The number of carbonyl (C=O) groups is 1. The smallest absolute Gasteiger partial charge is 0.289 e. The van der Waals surface area contributed by atoms with E-state index in [2.05, 4.69) is 16.0 Å². The van der Waals surface area contributed by atoms with E-state index in [0.29, 0.717) is 11.7 Å². The van der Waals surface area contributed by atoms with Crippen LogP contribution in [0.25, 0.3) is 0 Å². The van der Waals surface area contributed by atoms with Crippen LogP contribution >= 0.6 is 11.8 Å². The van der Waals surface area contributed by atoms with Crippen molar-refractivity contribution in [3.63, 3.8) is 0 Å². The highest BCUT2D eigenvalue weighted by molar-refractivity contribution is 7.97. The van der Waals surface area contributed by atoms with Crippen LogP contribution in [0.1, 0.15) is 34.9 Å². The third-order valence-corrected chi connectivity index (χ3v) is 5.89. The molecule has 5 rings (SSSR count). The van der Waals surface area contributed by atoms with Crippen molar-refractivity contribution in [1.29, 1.82) is 0 Å². The summed E-state index contributed by atoms with van der Waals surface area (Å²) in [6.07, 6.45) is 6.16. The molecule has 0 aliphatic carbocycles. The van der Waals surface area contributed by atoms with Crippen molar-refractivity contribution in [3.05, 3.63) is 53.7 Å². The molecule has 0 aromatic carbocycles. The van der Waals surface area contributed by atoms with E-state index in [1.807, 2.05) is 41.6 Å². The molecule has 26 heavy (non-hydrogen) atoms. The second kappa shape index (κ2) is 7.84. The third-order valence-electron chi connectivity index (χ3n) is 5.32. The number of hydrogen-bond donors (Lipinski definition) is 0. The summed E-state index contributed by atoms with van der Waals surface area (Å²) in [6.45, 7) is 3.64. The fourth-order valence-electron chi connectivity index (χ4n) is 4.13. The van der Waals surface area contributed by atoms with E-state index in [0.717, 1.165) is 49.8 Å². The van der Waals surface area contributed by atoms with Crippen molar-refractivity contribution >= 4 is 17.7 Å². The second-order valence-electron chi connectivity index (χ2n) is 7.27. The SMILES string of the molecule is CSCc1ccc(C(=O)N2C[C@H]3CC[C@@H]2CN(Cc2ccccn2)C3)o1. The molecule has 5 heterocycles. The van der Waals surface area contributed by atoms with Crippen LogP contribution in [0.15, 0.2) is 40.9 Å². The molecule has 5 nitrogen and oxygen atoms in total. The number of carbonyl (C=O) groups excluding carboxylic acids is 1. The molecule has 0 saturated carbocycles. The minimum absolute atomic E-state index is 0.0479. The van der Waals surface area contributed by atoms with Crippen molar-refractivity contribution in [3.8, 4) is 0 Å². The van der Waals surface area contributed by atoms with Crippen molar-refractivity contribution in [1.82, 2.24) is 14.8 Å². The van der Waals surface area contributed by atoms with Gasteiger partial charge < -0.3 is 9.32 Å². The molecule has 2 bridgehead atoms. The summed E-state index contributed by atoms with van der Waals surface area (Å²) in [7, 11) is 0. The number of rotatable bonds is 5. The number of thioether (sulfide) groups is 1. The molecular weight excluding hydrogens is 346 g/mol. The van der Waals surface area contributed by atoms with E-state index >= 15 is 0 Å². The first-order valence-electron chi connectivity index (χ1n) is 9.24. The number of pyridine rings is 1. The Balaban J connectivity index is 1.46. The number of amides is 1. The Hall–Kier alpha value is -1.79. The van der Waals surface area contributed by atoms with Crippen molar-refractivity contribution < 1.29 is 9.21 Å². The van der Waals surface area contributed by atoms with Crippen LogP contribution < -0.4 is 0 Å². The maximum absolute atomic E-state index is 13.0. The number of furan rings is 1. The summed E-state index contributed by atoms with van der Waals surface area (Å²) >= 11 is 1.70. The largest absolute Gasteiger partial charge is 0.455 e. The van der Waals surface area contributed by atoms with Gasteiger partial charge in [-0.3, -0.25) is 14.7 Å². The minimum atomic E-state index is 0.0479. The predicted octanol–water partition coefficient (Wildman–Crippen LogP) is 3.27. The van der Waals surface area contributed by atoms with Crippen LogP contribution in [0.2, 0.25) is 0 Å². The summed E-state index contributed by atoms with van der Waals surface area (Å²) in [6, 6.07) is 10.1. The lowest BCUT2D eigenvalue weighted by molar-refractivity contribution is 0.0551. The fourth-order valence-corrected chi connectivity index (χ4v) is 4.57. The lowest BCUT2D eigenvalue weighted by Crippen LogP contribution is -2.47. The Morgan fingerprint density at radius 2 is 2.15 bits per heavy atom. The van der Waals surface area contributed by atoms with Crippen LogP contribution in [-0.2, 0) is 12.3 Å². The lowest BCUT2D eigenvalue weighted by Gasteiger charge is -2.35. The number of fused-ring (bicyclic) bond motifs is 4. The molecular formula is C20H25N3O2S. The molecule has 2 aromatic rings. The van der Waals surface area contributed by atoms with Gasteiger partial charge in [0.05, 0.1) is 11.4 Å². The topological polar surface area (TPSA) is 49.6 Å². The molecule has 138 valence electrons. The van der Waals surface area contributed by atoms with E-state index in [9.17, 15) is 4.79 Å². The molecule has 1 amide bonds. The Labute approximate surface area is 158 Å². The summed E-state index contributed by atoms with van der Waals surface area (Å²) in [5.74, 6) is 2.74. The molecule has 2 aromatic heterocycles. The van der Waals surface area contributed by atoms with Gasteiger partial charge in [-0.2, -0.15) is 11.8 Å². The quantitative estimate of drug-likeness (QED) is 0.807. The highest BCUT2D eigenvalue weighted by Gasteiger charge is 2.38. The third kappa shape index (κ3) is 3.81. The van der Waals surface area contributed by atoms with Gasteiger partial charge in [-0.05, 0) is 49.3 Å². The van der Waals surface area contributed by atoms with Crippen molar-refractivity contribution in [2.24, 2.45) is 5.92 Å². The zero-order chi connectivity index (χ0) is 17.9. The zero-order valence-electron chi connectivity index (χ0n) is 15.1. The second-order valence-corrected chi connectivity index (χ2v) is 8.13. The number of nitrogens with zero attached hydrogens (tertiary/aromatic N) is 3. The first kappa shape index (κ1) is 17.6. The molecule has 0 N–H and O–H groups in total. The van der Waals surface area contributed by atoms with Gasteiger partial charge in [0, 0.05) is 38.4 Å². The minimum Gasteiger partial charge on any atom is -0.455 e. The summed E-state index contributed by atoms with van der Waals surface area (Å²) in [5, 5.41) is 0. The van der Waals surface area contributed by atoms with Gasteiger partial charge in [0.1, 0.15) is 5.76 Å². The molecule has 3 aliphatic rings. The summed E-state index contributed by atoms with van der Waals surface area (Å²) < 4.78 is 5.77. The van der Waals surface area contributed by atoms with Crippen molar-refractivity contribution in [2.75, 3.05) is 25.9 Å². The van der Waals surface area contributed by atoms with Gasteiger partial charge >= 0.3 is 0 Å². The molecule has 3 fully saturated rings. The standard InChI is InChI=1S/C20H25N3O2S/c1-26-14-18-7-8-19(25-18)20(24)23-11-15-5-6-17(23)13-22(10-15)12-16-4-2-3-9-21-16/h2-4,7-9,15,17H,5-6,10-14H2,1H3/t15-,17+/m0/s1. The molecule has 2 atom stereocenters. The summed E-state index contributed by atoms with van der Waals surface area (Å²) in [4.78, 5) is 22.0. The highest BCUT2D eigenvalue weighted by atomic mass is 32.2. The number of piperidine rings is 1. The van der Waals surface area contributed by atoms with Gasteiger partial charge in [-0.15, -0.1) is 0 Å². The molecule has 6 heteroatoms. The maximum atomic E-state index is 13.0. The average Bonchev–Trinajstić information content (AvgIpc) is 2.95. The normalized spacial score (nSPS) is 23.2. The van der Waals surface area contributed by atoms with E-state index < -0.39 is 0 Å². The molecule has 0 radical (unpaired) electrons. The fraction of sp³-hybridized carbons (Fsp3) is 0.500. The van der Waals surface area contributed by atoms with Crippen LogP contribution in [0, 0.1) is 5.92 Å². The Bertz CT molecular complexity index is 749. The Morgan fingerprint density at radius 1 is 1.23 bits per heavy atom. The molecule has 3 aliphatic heterocycles. The van der Waals surface area contributed by atoms with E-state index in [1.165, 1.54) is 6.42 Å². The van der Waals surface area contributed by atoms with Gasteiger partial charge in [-0.25, -0.2) is 0 Å². The average molecular weight is 372 g/mol. The van der Waals surface area contributed by atoms with Crippen LogP contribution in [-0.4, -0.2) is 52.6 Å². The van der Waals surface area contributed by atoms with Crippen LogP contribution in [0.5, 0.6) is 0 Å². The van der Waals surface area contributed by atoms with Gasteiger partial charge in [-0.1, -0.05) is 6.07 Å². The van der Waals surface area contributed by atoms with Crippen LogP contribution in [0.3, 0.4) is 0 Å². The maximum Gasteiger partial charge on any atom is 0.289 e. The first-order valence-corrected chi connectivity index (χ1v) is 10.6. The molecule has 0 spiro atoms. The van der Waals surface area contributed by atoms with Gasteiger partial charge in [0.2, 0.25) is 0 Å². The Morgan fingerprint density at radius 3 is 2.96 bits per heavy atom. The van der Waals surface area contributed by atoms with Gasteiger partial charge in [0.15, 0.2) is 5.76 Å². The number of aromatic nitrogens is 1. The van der Waals surface area contributed by atoms with E-state index in [1.54, 1.807) is 11.8 Å². The molecule has 3 saturated heterocycles.